The third-order valence-corrected chi connectivity index (χ3v) is 4.06. The van der Waals surface area contributed by atoms with E-state index in [1.807, 2.05) is 12.1 Å². The second kappa shape index (κ2) is 6.86. The topological polar surface area (TPSA) is 82.3 Å². The molecule has 0 aliphatic carbocycles. The molecule has 0 bridgehead atoms. The molecule has 0 aliphatic heterocycles. The molecule has 142 valence electrons. The average molecular weight is 369 g/mol. The van der Waals surface area contributed by atoms with Crippen LogP contribution in [0.15, 0.2) is 36.9 Å². The minimum absolute atomic E-state index is 0.0453. The SMILES string of the molecule is CN(C)C(=O)Cn1cc(-c2cc3c(ccn3OC(=O)C(C)(C)C)cn2)cn1. The van der Waals surface area contributed by atoms with Gasteiger partial charge in [0.1, 0.15) is 6.54 Å². The molecule has 27 heavy (non-hydrogen) atoms. The number of aromatic nitrogens is 4. The van der Waals surface area contributed by atoms with Crippen LogP contribution in [-0.4, -0.2) is 50.4 Å². The molecule has 3 aromatic rings. The van der Waals surface area contributed by atoms with E-state index in [4.69, 9.17) is 4.84 Å². The Bertz CT molecular complexity index is 994. The summed E-state index contributed by atoms with van der Waals surface area (Å²) < 4.78 is 3.02. The predicted octanol–water partition coefficient (Wildman–Crippen LogP) is 1.99. The Labute approximate surface area is 157 Å². The van der Waals surface area contributed by atoms with Crippen LogP contribution in [0.3, 0.4) is 0 Å². The highest BCUT2D eigenvalue weighted by molar-refractivity contribution is 5.84. The Morgan fingerprint density at radius 1 is 1.22 bits per heavy atom. The maximum atomic E-state index is 12.2. The molecule has 0 N–H and O–H groups in total. The summed E-state index contributed by atoms with van der Waals surface area (Å²) >= 11 is 0. The van der Waals surface area contributed by atoms with Gasteiger partial charge in [0.05, 0.1) is 22.8 Å². The number of hydrogen-bond donors (Lipinski definition) is 0. The van der Waals surface area contributed by atoms with Crippen LogP contribution >= 0.6 is 0 Å². The van der Waals surface area contributed by atoms with Crippen LogP contribution in [0.1, 0.15) is 20.8 Å². The van der Waals surface area contributed by atoms with Gasteiger partial charge >= 0.3 is 5.97 Å². The van der Waals surface area contributed by atoms with E-state index in [1.54, 1.807) is 64.3 Å². The smallest absolute Gasteiger partial charge is 0.338 e. The number of rotatable bonds is 4. The monoisotopic (exact) mass is 369 g/mol. The molecule has 8 heteroatoms. The Kier molecular flexibility index (Phi) is 4.73. The summed E-state index contributed by atoms with van der Waals surface area (Å²) in [5.41, 5.74) is 1.58. The fourth-order valence-corrected chi connectivity index (χ4v) is 2.33. The summed E-state index contributed by atoms with van der Waals surface area (Å²) in [7, 11) is 3.41. The number of amides is 1. The Hall–Kier alpha value is -3.16. The summed E-state index contributed by atoms with van der Waals surface area (Å²) in [4.78, 5) is 35.5. The summed E-state index contributed by atoms with van der Waals surface area (Å²) in [6.45, 7) is 5.57. The first-order chi connectivity index (χ1) is 12.6. The maximum Gasteiger partial charge on any atom is 0.338 e. The molecule has 0 saturated heterocycles. The Morgan fingerprint density at radius 3 is 2.63 bits per heavy atom. The minimum Gasteiger partial charge on any atom is -0.347 e. The number of nitrogens with zero attached hydrogens (tertiary/aromatic N) is 5. The third-order valence-electron chi connectivity index (χ3n) is 4.06. The van der Waals surface area contributed by atoms with E-state index in [0.717, 1.165) is 16.5 Å². The average Bonchev–Trinajstić information content (AvgIpc) is 3.21. The molecule has 3 heterocycles. The van der Waals surface area contributed by atoms with Gasteiger partial charge in [0.25, 0.3) is 0 Å². The lowest BCUT2D eigenvalue weighted by Gasteiger charge is -2.16. The third kappa shape index (κ3) is 3.99. The number of pyridine rings is 1. The van der Waals surface area contributed by atoms with E-state index >= 15 is 0 Å². The first-order valence-electron chi connectivity index (χ1n) is 8.58. The standard InChI is InChI=1S/C19H23N5O3/c1-19(2,3)18(26)27-24-7-6-13-9-20-15(8-16(13)24)14-10-21-23(11-14)12-17(25)22(4)5/h6-11H,12H2,1-5H3. The zero-order chi connectivity index (χ0) is 19.8. The van der Waals surface area contributed by atoms with Gasteiger partial charge in [-0.15, -0.1) is 0 Å². The summed E-state index contributed by atoms with van der Waals surface area (Å²) in [5, 5.41) is 5.08. The Balaban J connectivity index is 1.88. The molecule has 0 aromatic carbocycles. The molecular formula is C19H23N5O3. The zero-order valence-electron chi connectivity index (χ0n) is 16.1. The molecule has 8 nitrogen and oxygen atoms in total. The van der Waals surface area contributed by atoms with Crippen molar-refractivity contribution < 1.29 is 14.4 Å². The van der Waals surface area contributed by atoms with Crippen molar-refractivity contribution in [2.45, 2.75) is 27.3 Å². The number of carbonyl (C=O) groups is 2. The van der Waals surface area contributed by atoms with Crippen molar-refractivity contribution in [3.8, 4) is 11.3 Å². The van der Waals surface area contributed by atoms with Crippen LogP contribution in [0.5, 0.6) is 0 Å². The van der Waals surface area contributed by atoms with Crippen LogP contribution in [0.4, 0.5) is 0 Å². The van der Waals surface area contributed by atoms with Gasteiger partial charge in [-0.25, -0.2) is 4.79 Å². The summed E-state index contributed by atoms with van der Waals surface area (Å²) in [6, 6.07) is 3.67. The van der Waals surface area contributed by atoms with Crippen molar-refractivity contribution in [2.75, 3.05) is 14.1 Å². The van der Waals surface area contributed by atoms with Crippen LogP contribution in [-0.2, 0) is 16.1 Å². The van der Waals surface area contributed by atoms with E-state index in [1.165, 1.54) is 9.63 Å². The van der Waals surface area contributed by atoms with Crippen molar-refractivity contribution in [2.24, 2.45) is 5.41 Å². The molecule has 3 rings (SSSR count). The molecule has 0 radical (unpaired) electrons. The highest BCUT2D eigenvalue weighted by Gasteiger charge is 2.24. The van der Waals surface area contributed by atoms with Gasteiger partial charge in [-0.3, -0.25) is 14.5 Å². The first kappa shape index (κ1) is 18.6. The lowest BCUT2D eigenvalue weighted by atomic mass is 9.98. The highest BCUT2D eigenvalue weighted by atomic mass is 16.7. The Morgan fingerprint density at radius 2 is 1.96 bits per heavy atom. The fraction of sp³-hybridized carbons (Fsp3) is 0.368. The maximum absolute atomic E-state index is 12.2. The second-order valence-electron chi connectivity index (χ2n) is 7.61. The second-order valence-corrected chi connectivity index (χ2v) is 7.61. The molecule has 0 atom stereocenters. The largest absolute Gasteiger partial charge is 0.347 e. The van der Waals surface area contributed by atoms with Crippen molar-refractivity contribution in [3.05, 3.63) is 36.9 Å². The van der Waals surface area contributed by atoms with E-state index in [0.29, 0.717) is 5.69 Å². The number of hydrogen-bond acceptors (Lipinski definition) is 5. The van der Waals surface area contributed by atoms with Gasteiger partial charge < -0.3 is 9.74 Å². The van der Waals surface area contributed by atoms with Crippen LogP contribution < -0.4 is 4.84 Å². The molecule has 0 fully saturated rings. The molecule has 3 aromatic heterocycles. The van der Waals surface area contributed by atoms with Crippen molar-refractivity contribution in [1.29, 1.82) is 0 Å². The number of likely N-dealkylation sites (N-methyl/N-ethyl adjacent to an activating group) is 1. The normalized spacial score (nSPS) is 11.6. The molecule has 0 unspecified atom stereocenters. The van der Waals surface area contributed by atoms with Crippen molar-refractivity contribution >= 4 is 22.8 Å². The lowest BCUT2D eigenvalue weighted by Crippen LogP contribution is -2.30. The van der Waals surface area contributed by atoms with E-state index in [9.17, 15) is 9.59 Å². The van der Waals surface area contributed by atoms with Crippen LogP contribution in [0.2, 0.25) is 0 Å². The zero-order valence-corrected chi connectivity index (χ0v) is 16.1. The summed E-state index contributed by atoms with van der Waals surface area (Å²) in [6.07, 6.45) is 6.84. The van der Waals surface area contributed by atoms with Gasteiger partial charge in [0.2, 0.25) is 5.91 Å². The number of fused-ring (bicyclic) bond motifs is 1. The minimum atomic E-state index is -0.605. The molecule has 1 amide bonds. The molecule has 0 spiro atoms. The van der Waals surface area contributed by atoms with E-state index in [-0.39, 0.29) is 18.4 Å². The quantitative estimate of drug-likeness (QED) is 0.702. The molecule has 0 aliphatic rings. The van der Waals surface area contributed by atoms with Crippen molar-refractivity contribution in [1.82, 2.24) is 24.4 Å². The summed E-state index contributed by atoms with van der Waals surface area (Å²) in [5.74, 6) is -0.371. The van der Waals surface area contributed by atoms with Gasteiger partial charge in [0, 0.05) is 43.6 Å². The van der Waals surface area contributed by atoms with Gasteiger partial charge in [-0.05, 0) is 32.9 Å². The van der Waals surface area contributed by atoms with Crippen LogP contribution in [0.25, 0.3) is 22.2 Å². The molecule has 0 saturated carbocycles. The van der Waals surface area contributed by atoms with Gasteiger partial charge in [-0.1, -0.05) is 0 Å². The van der Waals surface area contributed by atoms with Gasteiger partial charge in [0.15, 0.2) is 0 Å². The van der Waals surface area contributed by atoms with E-state index < -0.39 is 5.41 Å². The predicted molar refractivity (Wildman–Crippen MR) is 101 cm³/mol. The highest BCUT2D eigenvalue weighted by Crippen LogP contribution is 2.23. The van der Waals surface area contributed by atoms with Crippen molar-refractivity contribution in [3.63, 3.8) is 0 Å². The fourth-order valence-electron chi connectivity index (χ4n) is 2.33. The lowest BCUT2D eigenvalue weighted by molar-refractivity contribution is -0.152. The van der Waals surface area contributed by atoms with Crippen LogP contribution in [0, 0.1) is 5.41 Å². The van der Waals surface area contributed by atoms with Gasteiger partial charge in [-0.2, -0.15) is 9.83 Å². The van der Waals surface area contributed by atoms with E-state index in [2.05, 4.69) is 10.1 Å². The number of carbonyl (C=O) groups excluding carboxylic acids is 2. The molecular weight excluding hydrogens is 346 g/mol. The first-order valence-corrected chi connectivity index (χ1v) is 8.58.